The van der Waals surface area contributed by atoms with Crippen molar-refractivity contribution in [2.75, 3.05) is 5.32 Å². The molecule has 0 saturated carbocycles. The predicted molar refractivity (Wildman–Crippen MR) is 144 cm³/mol. The van der Waals surface area contributed by atoms with Crippen LogP contribution in [0.25, 0.3) is 55.7 Å². The SMILES string of the molecule is CC(C)CC(=O)Nc1cncc(-c2cc3c(-c4cc5c(-c6ccccn6)cncc5[nH]4)n[nH]c3cn2)c1. The molecule has 0 fully saturated rings. The minimum Gasteiger partial charge on any atom is -0.352 e. The third-order valence-corrected chi connectivity index (χ3v) is 6.10. The molecule has 0 atom stereocenters. The van der Waals surface area contributed by atoms with E-state index in [2.05, 4.69) is 46.5 Å². The maximum atomic E-state index is 12.2. The van der Waals surface area contributed by atoms with E-state index in [1.165, 1.54) is 0 Å². The molecule has 6 rings (SSSR count). The molecule has 0 aliphatic heterocycles. The van der Waals surface area contributed by atoms with E-state index in [1.54, 1.807) is 31.0 Å². The predicted octanol–water partition coefficient (Wildman–Crippen LogP) is 5.61. The van der Waals surface area contributed by atoms with Crippen molar-refractivity contribution < 1.29 is 4.79 Å². The number of carbonyl (C=O) groups is 1. The first kappa shape index (κ1) is 22.5. The first-order valence-electron chi connectivity index (χ1n) is 12.0. The number of H-pyrrole nitrogens is 2. The summed E-state index contributed by atoms with van der Waals surface area (Å²) in [5.74, 6) is 0.244. The lowest BCUT2D eigenvalue weighted by Crippen LogP contribution is -2.13. The van der Waals surface area contributed by atoms with Gasteiger partial charge in [0.1, 0.15) is 5.69 Å². The molecular weight excluding hydrogens is 464 g/mol. The summed E-state index contributed by atoms with van der Waals surface area (Å²) in [6.45, 7) is 4.03. The zero-order chi connectivity index (χ0) is 25.4. The molecule has 0 spiro atoms. The van der Waals surface area contributed by atoms with E-state index < -0.39 is 0 Å². The molecule has 0 unspecified atom stereocenters. The van der Waals surface area contributed by atoms with Crippen molar-refractivity contribution in [1.29, 1.82) is 0 Å². The highest BCUT2D eigenvalue weighted by atomic mass is 16.1. The Morgan fingerprint density at radius 1 is 0.919 bits per heavy atom. The van der Waals surface area contributed by atoms with Gasteiger partial charge in [-0.1, -0.05) is 19.9 Å². The smallest absolute Gasteiger partial charge is 0.224 e. The molecule has 1 amide bonds. The van der Waals surface area contributed by atoms with Crippen molar-refractivity contribution in [1.82, 2.24) is 35.1 Å². The second kappa shape index (κ2) is 9.27. The largest absolute Gasteiger partial charge is 0.352 e. The standard InChI is InChI=1S/C28H24N8O/c1-16(2)7-27(37)33-18-8-17(11-29-12-18)23-10-20-26(15-32-23)35-36-28(20)24-9-19-21(13-30-14-25(19)34-24)22-5-3-4-6-31-22/h3-6,8-16,34H,7H2,1-2H3,(H,33,37)(H,35,36). The molecule has 6 aromatic rings. The van der Waals surface area contributed by atoms with E-state index >= 15 is 0 Å². The highest BCUT2D eigenvalue weighted by Gasteiger charge is 2.16. The summed E-state index contributed by atoms with van der Waals surface area (Å²) in [5, 5.41) is 12.5. The van der Waals surface area contributed by atoms with Gasteiger partial charge in [-0.15, -0.1) is 0 Å². The average Bonchev–Trinajstić information content (AvgIpc) is 3.52. The molecule has 0 bridgehead atoms. The van der Waals surface area contributed by atoms with Crippen molar-refractivity contribution in [2.45, 2.75) is 20.3 Å². The van der Waals surface area contributed by atoms with Gasteiger partial charge in [-0.25, -0.2) is 0 Å². The molecule has 0 aliphatic carbocycles. The Bertz CT molecular complexity index is 1740. The Kier molecular flexibility index (Phi) is 5.65. The van der Waals surface area contributed by atoms with Crippen molar-refractivity contribution in [2.24, 2.45) is 5.92 Å². The Morgan fingerprint density at radius 3 is 2.65 bits per heavy atom. The number of amides is 1. The van der Waals surface area contributed by atoms with E-state index in [-0.39, 0.29) is 11.8 Å². The normalized spacial score (nSPS) is 11.4. The van der Waals surface area contributed by atoms with Gasteiger partial charge in [-0.3, -0.25) is 29.8 Å². The van der Waals surface area contributed by atoms with Gasteiger partial charge in [0.15, 0.2) is 0 Å². The minimum absolute atomic E-state index is 0.0344. The molecule has 9 heteroatoms. The first-order valence-corrected chi connectivity index (χ1v) is 12.0. The van der Waals surface area contributed by atoms with Crippen LogP contribution in [-0.4, -0.2) is 41.0 Å². The Hall–Kier alpha value is -4.92. The van der Waals surface area contributed by atoms with Crippen LogP contribution in [0.5, 0.6) is 0 Å². The minimum atomic E-state index is -0.0344. The maximum Gasteiger partial charge on any atom is 0.224 e. The molecule has 3 N–H and O–H groups in total. The summed E-state index contributed by atoms with van der Waals surface area (Å²) >= 11 is 0. The van der Waals surface area contributed by atoms with E-state index in [4.69, 9.17) is 0 Å². The zero-order valence-electron chi connectivity index (χ0n) is 20.4. The Labute approximate surface area is 212 Å². The van der Waals surface area contributed by atoms with Crippen molar-refractivity contribution >= 4 is 33.4 Å². The van der Waals surface area contributed by atoms with Gasteiger partial charge < -0.3 is 10.3 Å². The van der Waals surface area contributed by atoms with Gasteiger partial charge in [-0.2, -0.15) is 5.10 Å². The van der Waals surface area contributed by atoms with Crippen molar-refractivity contribution in [3.8, 4) is 33.9 Å². The lowest BCUT2D eigenvalue weighted by molar-refractivity contribution is -0.116. The molecule has 0 saturated heterocycles. The van der Waals surface area contributed by atoms with Crippen LogP contribution in [0.4, 0.5) is 5.69 Å². The molecule has 0 aromatic carbocycles. The topological polar surface area (TPSA) is 125 Å². The highest BCUT2D eigenvalue weighted by molar-refractivity contribution is 6.00. The fourth-order valence-electron chi connectivity index (χ4n) is 4.42. The fourth-order valence-corrected chi connectivity index (χ4v) is 4.42. The third kappa shape index (κ3) is 4.42. The number of anilines is 1. The quantitative estimate of drug-likeness (QED) is 0.280. The van der Waals surface area contributed by atoms with Gasteiger partial charge in [0, 0.05) is 46.9 Å². The summed E-state index contributed by atoms with van der Waals surface area (Å²) in [7, 11) is 0. The van der Waals surface area contributed by atoms with Gasteiger partial charge in [0.25, 0.3) is 0 Å². The Balaban J connectivity index is 1.38. The fraction of sp³-hybridized carbons (Fsp3) is 0.143. The Morgan fingerprint density at radius 2 is 1.81 bits per heavy atom. The van der Waals surface area contributed by atoms with Crippen LogP contribution in [0, 0.1) is 5.92 Å². The average molecular weight is 489 g/mol. The van der Waals surface area contributed by atoms with Crippen LogP contribution in [0.15, 0.2) is 73.6 Å². The molecule has 182 valence electrons. The number of fused-ring (bicyclic) bond motifs is 2. The molecule has 37 heavy (non-hydrogen) atoms. The summed E-state index contributed by atoms with van der Waals surface area (Å²) in [5.41, 5.74) is 7.33. The molecule has 6 aromatic heterocycles. The summed E-state index contributed by atoms with van der Waals surface area (Å²) < 4.78 is 0. The van der Waals surface area contributed by atoms with Gasteiger partial charge in [0.2, 0.25) is 5.91 Å². The monoisotopic (exact) mass is 488 g/mol. The van der Waals surface area contributed by atoms with Crippen molar-refractivity contribution in [3.63, 3.8) is 0 Å². The lowest BCUT2D eigenvalue weighted by Gasteiger charge is -2.08. The first-order chi connectivity index (χ1) is 18.0. The number of hydrogen-bond acceptors (Lipinski definition) is 6. The number of nitrogens with one attached hydrogen (secondary N) is 3. The third-order valence-electron chi connectivity index (χ3n) is 6.10. The van der Waals surface area contributed by atoms with Crippen LogP contribution in [0.1, 0.15) is 20.3 Å². The molecule has 6 heterocycles. The van der Waals surface area contributed by atoms with Crippen LogP contribution in [0.3, 0.4) is 0 Å². The second-order valence-corrected chi connectivity index (χ2v) is 9.34. The van der Waals surface area contributed by atoms with Gasteiger partial charge in [0.05, 0.1) is 52.4 Å². The number of pyridine rings is 4. The molecule has 0 radical (unpaired) electrons. The van der Waals surface area contributed by atoms with Gasteiger partial charge in [-0.05, 0) is 36.2 Å². The number of rotatable bonds is 6. The van der Waals surface area contributed by atoms with Crippen LogP contribution in [-0.2, 0) is 4.79 Å². The van der Waals surface area contributed by atoms with Gasteiger partial charge >= 0.3 is 0 Å². The van der Waals surface area contributed by atoms with Crippen LogP contribution in [0.2, 0.25) is 0 Å². The second-order valence-electron chi connectivity index (χ2n) is 9.34. The van der Waals surface area contributed by atoms with E-state index in [0.717, 1.165) is 55.7 Å². The molecular formula is C28H24N8O. The van der Waals surface area contributed by atoms with E-state index in [0.29, 0.717) is 12.1 Å². The number of hydrogen-bond donors (Lipinski definition) is 3. The van der Waals surface area contributed by atoms with Crippen LogP contribution >= 0.6 is 0 Å². The summed E-state index contributed by atoms with van der Waals surface area (Å²) in [6, 6.07) is 11.8. The summed E-state index contributed by atoms with van der Waals surface area (Å²) in [4.78, 5) is 33.5. The van der Waals surface area contributed by atoms with Crippen molar-refractivity contribution in [3.05, 3.63) is 73.6 Å². The van der Waals surface area contributed by atoms with E-state index in [9.17, 15) is 4.79 Å². The molecule has 9 nitrogen and oxygen atoms in total. The zero-order valence-corrected chi connectivity index (χ0v) is 20.4. The lowest BCUT2D eigenvalue weighted by atomic mass is 10.1. The number of aromatic amines is 2. The van der Waals surface area contributed by atoms with Crippen LogP contribution < -0.4 is 5.32 Å². The number of nitrogens with zero attached hydrogens (tertiary/aromatic N) is 5. The number of carbonyl (C=O) groups excluding carboxylic acids is 1. The summed E-state index contributed by atoms with van der Waals surface area (Å²) in [6.07, 6.45) is 11.0. The highest BCUT2D eigenvalue weighted by Crippen LogP contribution is 2.34. The van der Waals surface area contributed by atoms with E-state index in [1.807, 2.05) is 50.4 Å². The number of aromatic nitrogens is 7. The maximum absolute atomic E-state index is 12.2. The molecule has 0 aliphatic rings.